The molecule has 0 saturated heterocycles. The molecule has 0 saturated carbocycles. The predicted octanol–water partition coefficient (Wildman–Crippen LogP) is 4.42. The highest BCUT2D eigenvalue weighted by Crippen LogP contribution is 2.22. The molecule has 3 rings (SSSR count). The first-order valence-electron chi connectivity index (χ1n) is 9.23. The van der Waals surface area contributed by atoms with Gasteiger partial charge in [0.15, 0.2) is 5.76 Å². The zero-order valence-electron chi connectivity index (χ0n) is 16.3. The summed E-state index contributed by atoms with van der Waals surface area (Å²) in [4.78, 5) is 12.3. The molecule has 1 amide bonds. The summed E-state index contributed by atoms with van der Waals surface area (Å²) in [7, 11) is 1.58. The summed E-state index contributed by atoms with van der Waals surface area (Å²) < 4.78 is 17.9. The normalized spacial score (nSPS) is 12.0. The fourth-order valence-corrected chi connectivity index (χ4v) is 2.68. The van der Waals surface area contributed by atoms with E-state index in [0.717, 1.165) is 12.2 Å². The second kappa shape index (κ2) is 9.23. The summed E-state index contributed by atoms with van der Waals surface area (Å²) in [6.07, 6.45) is 4.33. The average molecular weight is 383 g/mol. The maximum absolute atomic E-state index is 12.3. The topological polar surface area (TPSA) is 78.5 Å². The maximum atomic E-state index is 12.3. The summed E-state index contributed by atoms with van der Waals surface area (Å²) in [5, 5.41) is 6.80. The third-order valence-electron chi connectivity index (χ3n) is 4.48. The van der Waals surface area contributed by atoms with Crippen molar-refractivity contribution in [2.75, 3.05) is 12.4 Å². The van der Waals surface area contributed by atoms with Crippen molar-refractivity contribution >= 4 is 11.6 Å². The highest BCUT2D eigenvalue weighted by molar-refractivity contribution is 6.02. The number of carbonyl (C=O) groups excluding carboxylic acids is 1. The van der Waals surface area contributed by atoms with Gasteiger partial charge < -0.3 is 19.2 Å². The lowest BCUT2D eigenvalue weighted by molar-refractivity contribution is 0.0992. The summed E-state index contributed by atoms with van der Waals surface area (Å²) in [5.41, 5.74) is 1.86. The number of methoxy groups -OCH3 is 1. The quantitative estimate of drug-likeness (QED) is 0.591. The molecule has 0 fully saturated rings. The van der Waals surface area contributed by atoms with Crippen molar-refractivity contribution in [2.24, 2.45) is 0 Å². The van der Waals surface area contributed by atoms with Crippen molar-refractivity contribution in [3.8, 4) is 5.75 Å². The number of furan rings is 1. The Morgan fingerprint density at radius 2 is 2.04 bits per heavy atom. The van der Waals surface area contributed by atoms with Crippen molar-refractivity contribution in [2.45, 2.75) is 39.5 Å². The third-order valence-corrected chi connectivity index (χ3v) is 4.48. The summed E-state index contributed by atoms with van der Waals surface area (Å²) in [6.45, 7) is 4.94. The van der Waals surface area contributed by atoms with Crippen LogP contribution in [0.4, 0.5) is 5.69 Å². The lowest BCUT2D eigenvalue weighted by Crippen LogP contribution is -2.10. The number of hydrogen-bond acceptors (Lipinski definition) is 5. The zero-order valence-corrected chi connectivity index (χ0v) is 16.3. The van der Waals surface area contributed by atoms with Gasteiger partial charge in [0.25, 0.3) is 5.91 Å². The van der Waals surface area contributed by atoms with Crippen LogP contribution in [-0.4, -0.2) is 22.8 Å². The molecule has 0 bridgehead atoms. The van der Waals surface area contributed by atoms with Gasteiger partial charge in [0.2, 0.25) is 0 Å². The molecule has 1 atom stereocenters. The summed E-state index contributed by atoms with van der Waals surface area (Å²) in [6, 6.07) is 11.4. The molecule has 0 spiro atoms. The van der Waals surface area contributed by atoms with Gasteiger partial charge >= 0.3 is 0 Å². The Bertz CT molecular complexity index is 899. The fourth-order valence-electron chi connectivity index (χ4n) is 2.68. The van der Waals surface area contributed by atoms with Crippen LogP contribution in [0.2, 0.25) is 0 Å². The van der Waals surface area contributed by atoms with E-state index >= 15 is 0 Å². The molecule has 148 valence electrons. The monoisotopic (exact) mass is 383 g/mol. The van der Waals surface area contributed by atoms with Gasteiger partial charge in [-0.15, -0.1) is 0 Å². The molecule has 0 aliphatic carbocycles. The molecule has 1 aromatic carbocycles. The van der Waals surface area contributed by atoms with Gasteiger partial charge in [0, 0.05) is 7.11 Å². The van der Waals surface area contributed by atoms with Crippen LogP contribution in [0.15, 0.2) is 53.2 Å². The van der Waals surface area contributed by atoms with E-state index in [-0.39, 0.29) is 18.3 Å². The van der Waals surface area contributed by atoms with Crippen molar-refractivity contribution < 1.29 is 18.7 Å². The lowest BCUT2D eigenvalue weighted by Gasteiger charge is -2.10. The zero-order chi connectivity index (χ0) is 19.9. The van der Waals surface area contributed by atoms with Crippen LogP contribution >= 0.6 is 0 Å². The second-order valence-electron chi connectivity index (χ2n) is 6.57. The van der Waals surface area contributed by atoms with Crippen LogP contribution in [0.5, 0.6) is 5.75 Å². The van der Waals surface area contributed by atoms with E-state index in [4.69, 9.17) is 13.9 Å². The highest BCUT2D eigenvalue weighted by atomic mass is 16.5. The number of benzene rings is 1. The minimum absolute atomic E-state index is 0.213. The molecule has 2 aromatic heterocycles. The van der Waals surface area contributed by atoms with Crippen LogP contribution in [0.25, 0.3) is 0 Å². The van der Waals surface area contributed by atoms with Gasteiger partial charge in [0.05, 0.1) is 18.1 Å². The standard InChI is InChI=1S/C21H25N3O4/c1-4-15(2)16-5-7-18(8-6-16)27-13-19-9-10-20(28-19)21(25)23-17-11-22-24(12-17)14-26-3/h5-12,15H,4,13-14H2,1-3H3,(H,23,25). The molecule has 0 radical (unpaired) electrons. The van der Waals surface area contributed by atoms with E-state index in [1.54, 1.807) is 36.3 Å². The second-order valence-corrected chi connectivity index (χ2v) is 6.57. The first-order valence-corrected chi connectivity index (χ1v) is 9.23. The van der Waals surface area contributed by atoms with Gasteiger partial charge in [-0.2, -0.15) is 5.10 Å². The molecular weight excluding hydrogens is 358 g/mol. The van der Waals surface area contributed by atoms with Crippen LogP contribution < -0.4 is 10.1 Å². The van der Waals surface area contributed by atoms with E-state index < -0.39 is 0 Å². The Morgan fingerprint density at radius 3 is 2.75 bits per heavy atom. The molecule has 28 heavy (non-hydrogen) atoms. The van der Waals surface area contributed by atoms with E-state index in [1.165, 1.54) is 5.56 Å². The third kappa shape index (κ3) is 5.01. The van der Waals surface area contributed by atoms with Crippen molar-refractivity contribution in [3.05, 3.63) is 65.9 Å². The molecular formula is C21H25N3O4. The van der Waals surface area contributed by atoms with E-state index in [0.29, 0.717) is 24.1 Å². The van der Waals surface area contributed by atoms with Crippen LogP contribution in [-0.2, 0) is 18.1 Å². The van der Waals surface area contributed by atoms with E-state index in [1.807, 2.05) is 12.1 Å². The summed E-state index contributed by atoms with van der Waals surface area (Å²) in [5.74, 6) is 1.74. The molecule has 1 N–H and O–H groups in total. The van der Waals surface area contributed by atoms with E-state index in [9.17, 15) is 4.79 Å². The number of ether oxygens (including phenoxy) is 2. The molecule has 3 aromatic rings. The van der Waals surface area contributed by atoms with Crippen molar-refractivity contribution in [1.82, 2.24) is 9.78 Å². The maximum Gasteiger partial charge on any atom is 0.291 e. The van der Waals surface area contributed by atoms with E-state index in [2.05, 4.69) is 36.4 Å². The van der Waals surface area contributed by atoms with Crippen LogP contribution in [0.3, 0.4) is 0 Å². The number of hydrogen-bond donors (Lipinski definition) is 1. The number of nitrogens with zero attached hydrogens (tertiary/aromatic N) is 2. The first kappa shape index (κ1) is 19.7. The highest BCUT2D eigenvalue weighted by Gasteiger charge is 2.13. The van der Waals surface area contributed by atoms with Crippen molar-refractivity contribution in [3.63, 3.8) is 0 Å². The SMILES string of the molecule is CCC(C)c1ccc(OCc2ccc(C(=O)Nc3cnn(COC)c3)o2)cc1. The Labute approximate surface area is 164 Å². The Kier molecular flexibility index (Phi) is 6.49. The number of anilines is 1. The first-order chi connectivity index (χ1) is 13.6. The fraction of sp³-hybridized carbons (Fsp3) is 0.333. The molecule has 2 heterocycles. The average Bonchev–Trinajstić information content (AvgIpc) is 3.36. The Morgan fingerprint density at radius 1 is 1.25 bits per heavy atom. The van der Waals surface area contributed by atoms with Gasteiger partial charge in [0.1, 0.15) is 24.8 Å². The molecule has 0 aliphatic rings. The number of nitrogens with one attached hydrogen (secondary N) is 1. The number of aromatic nitrogens is 2. The molecule has 7 nitrogen and oxygen atoms in total. The van der Waals surface area contributed by atoms with Crippen LogP contribution in [0.1, 0.15) is 48.1 Å². The summed E-state index contributed by atoms with van der Waals surface area (Å²) >= 11 is 0. The van der Waals surface area contributed by atoms with Gasteiger partial charge in [-0.25, -0.2) is 4.68 Å². The number of amides is 1. The smallest absolute Gasteiger partial charge is 0.291 e. The number of carbonyl (C=O) groups is 1. The molecule has 1 unspecified atom stereocenters. The van der Waals surface area contributed by atoms with Gasteiger partial charge in [-0.3, -0.25) is 4.79 Å². The molecule has 7 heteroatoms. The minimum Gasteiger partial charge on any atom is -0.486 e. The Balaban J connectivity index is 1.53. The van der Waals surface area contributed by atoms with Gasteiger partial charge in [-0.05, 0) is 42.2 Å². The van der Waals surface area contributed by atoms with Crippen LogP contribution in [0, 0.1) is 0 Å². The molecule has 0 aliphatic heterocycles. The minimum atomic E-state index is -0.346. The van der Waals surface area contributed by atoms with Crippen molar-refractivity contribution in [1.29, 1.82) is 0 Å². The Hall–Kier alpha value is -3.06. The largest absolute Gasteiger partial charge is 0.486 e. The lowest BCUT2D eigenvalue weighted by atomic mass is 9.99. The van der Waals surface area contributed by atoms with Gasteiger partial charge in [-0.1, -0.05) is 26.0 Å². The predicted molar refractivity (Wildman–Crippen MR) is 105 cm³/mol. The number of rotatable bonds is 9.